The average Bonchev–Trinajstić information content (AvgIpc) is 2.53. The lowest BCUT2D eigenvalue weighted by Gasteiger charge is -2.08. The number of hydrogen-bond donors (Lipinski definition) is 1. The van der Waals surface area contributed by atoms with Crippen molar-refractivity contribution in [2.24, 2.45) is 7.05 Å². The molecule has 0 aliphatic carbocycles. The summed E-state index contributed by atoms with van der Waals surface area (Å²) in [6.07, 6.45) is 2.91. The van der Waals surface area contributed by atoms with Crippen molar-refractivity contribution in [1.29, 1.82) is 0 Å². The van der Waals surface area contributed by atoms with Gasteiger partial charge < -0.3 is 5.32 Å². The SMILES string of the molecule is CCc1cnc2c(c(C)nn2C)c1NC. The van der Waals surface area contributed by atoms with Gasteiger partial charge in [-0.25, -0.2) is 4.98 Å². The van der Waals surface area contributed by atoms with Crippen LogP contribution >= 0.6 is 0 Å². The number of aryl methyl sites for hydroxylation is 3. The zero-order valence-corrected chi connectivity index (χ0v) is 9.63. The fraction of sp³-hybridized carbons (Fsp3) is 0.455. The topological polar surface area (TPSA) is 42.7 Å². The standard InChI is InChI=1S/C11H16N4/c1-5-8-6-13-11-9(10(8)12-3)7(2)14-15(11)4/h6H,5H2,1-4H3,(H,12,13). The summed E-state index contributed by atoms with van der Waals surface area (Å²) in [5.41, 5.74) is 4.36. The first-order valence-electron chi connectivity index (χ1n) is 5.18. The van der Waals surface area contributed by atoms with Gasteiger partial charge >= 0.3 is 0 Å². The molecule has 0 aliphatic rings. The van der Waals surface area contributed by atoms with Crippen LogP contribution in [-0.4, -0.2) is 21.8 Å². The first-order valence-corrected chi connectivity index (χ1v) is 5.18. The van der Waals surface area contributed by atoms with Crippen molar-refractivity contribution in [2.45, 2.75) is 20.3 Å². The van der Waals surface area contributed by atoms with E-state index in [-0.39, 0.29) is 0 Å². The van der Waals surface area contributed by atoms with Crippen molar-refractivity contribution in [3.8, 4) is 0 Å². The van der Waals surface area contributed by atoms with Crippen LogP contribution in [0.3, 0.4) is 0 Å². The van der Waals surface area contributed by atoms with E-state index >= 15 is 0 Å². The molecule has 0 spiro atoms. The van der Waals surface area contributed by atoms with Crippen molar-refractivity contribution in [1.82, 2.24) is 14.8 Å². The lowest BCUT2D eigenvalue weighted by molar-refractivity contribution is 0.773. The number of nitrogens with one attached hydrogen (secondary N) is 1. The summed E-state index contributed by atoms with van der Waals surface area (Å²) in [5.74, 6) is 0. The van der Waals surface area contributed by atoms with Crippen LogP contribution in [0, 0.1) is 6.92 Å². The van der Waals surface area contributed by atoms with Crippen molar-refractivity contribution in [3.05, 3.63) is 17.5 Å². The molecule has 0 amide bonds. The van der Waals surface area contributed by atoms with Crippen LogP contribution in [0.25, 0.3) is 11.0 Å². The predicted octanol–water partition coefficient (Wildman–Crippen LogP) is 1.88. The molecule has 0 fully saturated rings. The molecule has 1 N–H and O–H groups in total. The molecule has 0 aromatic carbocycles. The van der Waals surface area contributed by atoms with Crippen molar-refractivity contribution >= 4 is 16.7 Å². The fourth-order valence-electron chi connectivity index (χ4n) is 2.00. The van der Waals surface area contributed by atoms with E-state index in [9.17, 15) is 0 Å². The Bertz CT molecular complexity index is 499. The van der Waals surface area contributed by atoms with E-state index in [1.54, 1.807) is 0 Å². The zero-order chi connectivity index (χ0) is 11.0. The van der Waals surface area contributed by atoms with E-state index in [1.807, 2.05) is 31.9 Å². The second kappa shape index (κ2) is 3.53. The lowest BCUT2D eigenvalue weighted by atomic mass is 10.1. The number of aromatic nitrogens is 3. The largest absolute Gasteiger partial charge is 0.387 e. The highest BCUT2D eigenvalue weighted by molar-refractivity contribution is 5.93. The number of fused-ring (bicyclic) bond motifs is 1. The monoisotopic (exact) mass is 204 g/mol. The number of pyridine rings is 1. The number of hydrogen-bond acceptors (Lipinski definition) is 3. The highest BCUT2D eigenvalue weighted by atomic mass is 15.3. The Morgan fingerprint density at radius 1 is 1.47 bits per heavy atom. The Labute approximate surface area is 89.3 Å². The third-order valence-corrected chi connectivity index (χ3v) is 2.74. The Hall–Kier alpha value is -1.58. The average molecular weight is 204 g/mol. The molecule has 80 valence electrons. The molecule has 15 heavy (non-hydrogen) atoms. The van der Waals surface area contributed by atoms with E-state index in [1.165, 1.54) is 5.56 Å². The summed E-state index contributed by atoms with van der Waals surface area (Å²) in [7, 11) is 3.87. The smallest absolute Gasteiger partial charge is 0.159 e. The molecule has 2 aromatic rings. The third-order valence-electron chi connectivity index (χ3n) is 2.74. The molecule has 0 saturated carbocycles. The number of nitrogens with zero attached hydrogens (tertiary/aromatic N) is 3. The van der Waals surface area contributed by atoms with E-state index in [2.05, 4.69) is 22.3 Å². The van der Waals surface area contributed by atoms with Gasteiger partial charge in [0.1, 0.15) is 0 Å². The minimum Gasteiger partial charge on any atom is -0.387 e. The van der Waals surface area contributed by atoms with Crippen molar-refractivity contribution in [2.75, 3.05) is 12.4 Å². The maximum Gasteiger partial charge on any atom is 0.159 e. The maximum absolute atomic E-state index is 4.44. The Balaban J connectivity index is 2.86. The van der Waals surface area contributed by atoms with Crippen molar-refractivity contribution in [3.63, 3.8) is 0 Å². The molecule has 0 aliphatic heterocycles. The molecular weight excluding hydrogens is 188 g/mol. The van der Waals surface area contributed by atoms with Gasteiger partial charge in [0.25, 0.3) is 0 Å². The molecule has 4 nitrogen and oxygen atoms in total. The van der Waals surface area contributed by atoms with Gasteiger partial charge in [0.05, 0.1) is 16.8 Å². The molecule has 2 rings (SSSR count). The molecule has 0 unspecified atom stereocenters. The summed E-state index contributed by atoms with van der Waals surface area (Å²) >= 11 is 0. The van der Waals surface area contributed by atoms with Gasteiger partial charge in [-0.1, -0.05) is 6.92 Å². The number of rotatable bonds is 2. The van der Waals surface area contributed by atoms with Crippen LogP contribution in [0.2, 0.25) is 0 Å². The predicted molar refractivity (Wildman–Crippen MR) is 62.2 cm³/mol. The fourth-order valence-corrected chi connectivity index (χ4v) is 2.00. The Morgan fingerprint density at radius 3 is 2.80 bits per heavy atom. The summed E-state index contributed by atoms with van der Waals surface area (Å²) in [4.78, 5) is 4.44. The van der Waals surface area contributed by atoms with Crippen LogP contribution in [-0.2, 0) is 13.5 Å². The molecule has 0 saturated heterocycles. The van der Waals surface area contributed by atoms with Crippen LogP contribution in [0.15, 0.2) is 6.20 Å². The molecule has 0 bridgehead atoms. The molecule has 4 heteroatoms. The van der Waals surface area contributed by atoms with Gasteiger partial charge in [0.2, 0.25) is 0 Å². The molecule has 0 radical (unpaired) electrons. The van der Waals surface area contributed by atoms with Crippen LogP contribution in [0.1, 0.15) is 18.2 Å². The molecular formula is C11H16N4. The molecule has 2 heterocycles. The van der Waals surface area contributed by atoms with Crippen LogP contribution < -0.4 is 5.32 Å². The molecule has 0 atom stereocenters. The van der Waals surface area contributed by atoms with Crippen molar-refractivity contribution < 1.29 is 0 Å². The summed E-state index contributed by atoms with van der Waals surface area (Å²) < 4.78 is 1.82. The van der Waals surface area contributed by atoms with Gasteiger partial charge in [-0.2, -0.15) is 5.10 Å². The van der Waals surface area contributed by atoms with Crippen LogP contribution in [0.5, 0.6) is 0 Å². The van der Waals surface area contributed by atoms with Gasteiger partial charge in [-0.3, -0.25) is 4.68 Å². The Kier molecular flexibility index (Phi) is 2.34. The van der Waals surface area contributed by atoms with Gasteiger partial charge in [0, 0.05) is 20.3 Å². The zero-order valence-electron chi connectivity index (χ0n) is 9.63. The summed E-state index contributed by atoms with van der Waals surface area (Å²) in [5, 5.41) is 8.78. The van der Waals surface area contributed by atoms with E-state index in [0.717, 1.165) is 28.8 Å². The Morgan fingerprint density at radius 2 is 2.20 bits per heavy atom. The maximum atomic E-state index is 4.44. The van der Waals surface area contributed by atoms with E-state index in [4.69, 9.17) is 0 Å². The second-order valence-corrected chi connectivity index (χ2v) is 3.67. The third kappa shape index (κ3) is 1.37. The van der Waals surface area contributed by atoms with Crippen LogP contribution in [0.4, 0.5) is 5.69 Å². The highest BCUT2D eigenvalue weighted by Crippen LogP contribution is 2.28. The first-order chi connectivity index (χ1) is 7.19. The first kappa shape index (κ1) is 9.96. The summed E-state index contributed by atoms with van der Waals surface area (Å²) in [6.45, 7) is 4.15. The normalized spacial score (nSPS) is 10.9. The minimum absolute atomic E-state index is 0.939. The minimum atomic E-state index is 0.939. The van der Waals surface area contributed by atoms with Gasteiger partial charge in [-0.05, 0) is 18.9 Å². The van der Waals surface area contributed by atoms with Gasteiger partial charge in [0.15, 0.2) is 5.65 Å². The second-order valence-electron chi connectivity index (χ2n) is 3.67. The summed E-state index contributed by atoms with van der Waals surface area (Å²) in [6, 6.07) is 0. The van der Waals surface area contributed by atoms with Gasteiger partial charge in [-0.15, -0.1) is 0 Å². The van der Waals surface area contributed by atoms with E-state index in [0.29, 0.717) is 0 Å². The highest BCUT2D eigenvalue weighted by Gasteiger charge is 2.12. The number of anilines is 1. The van der Waals surface area contributed by atoms with E-state index < -0.39 is 0 Å². The molecule has 2 aromatic heterocycles. The quantitative estimate of drug-likeness (QED) is 0.812. The lowest BCUT2D eigenvalue weighted by Crippen LogP contribution is -1.98.